The van der Waals surface area contributed by atoms with Gasteiger partial charge < -0.3 is 4.74 Å². The highest BCUT2D eigenvalue weighted by molar-refractivity contribution is 5.32. The molecule has 2 atom stereocenters. The predicted molar refractivity (Wildman–Crippen MR) is 102 cm³/mol. The number of rotatable bonds is 6. The van der Waals surface area contributed by atoms with Crippen molar-refractivity contribution in [2.24, 2.45) is 0 Å². The summed E-state index contributed by atoms with van der Waals surface area (Å²) in [7, 11) is 0. The summed E-state index contributed by atoms with van der Waals surface area (Å²) in [5.41, 5.74) is 3.05. The Hall–Kier alpha value is -1.90. The molecule has 0 bridgehead atoms. The summed E-state index contributed by atoms with van der Waals surface area (Å²) in [4.78, 5) is 0. The fourth-order valence-electron chi connectivity index (χ4n) is 4.06. The minimum Gasteiger partial charge on any atom is -0.494 e. The van der Waals surface area contributed by atoms with Crippen molar-refractivity contribution < 1.29 is 13.5 Å². The quantitative estimate of drug-likeness (QED) is 0.556. The zero-order valence-corrected chi connectivity index (χ0v) is 15.7. The molecule has 140 valence electrons. The van der Waals surface area contributed by atoms with Crippen LogP contribution in [0.1, 0.15) is 68.1 Å². The molecule has 3 rings (SSSR count). The molecular weight excluding hydrogens is 330 g/mol. The first kappa shape index (κ1) is 18.9. The maximum absolute atomic E-state index is 14.9. The number of hydrogen-bond donors (Lipinski definition) is 0. The largest absolute Gasteiger partial charge is 0.494 e. The normalized spacial score (nSPS) is 22.2. The fourth-order valence-corrected chi connectivity index (χ4v) is 4.06. The molecule has 1 aliphatic rings. The first-order valence-corrected chi connectivity index (χ1v) is 9.73. The molecule has 1 fully saturated rings. The van der Waals surface area contributed by atoms with Crippen LogP contribution in [0.25, 0.3) is 0 Å². The van der Waals surface area contributed by atoms with Crippen LogP contribution in [0.3, 0.4) is 0 Å². The average Bonchev–Trinajstić information content (AvgIpc) is 2.63. The molecule has 0 unspecified atom stereocenters. The first-order valence-electron chi connectivity index (χ1n) is 9.73. The highest BCUT2D eigenvalue weighted by Gasteiger charge is 2.46. The van der Waals surface area contributed by atoms with E-state index in [-0.39, 0.29) is 12.3 Å². The molecule has 0 radical (unpaired) electrons. The Morgan fingerprint density at radius 1 is 0.923 bits per heavy atom. The van der Waals surface area contributed by atoms with E-state index in [1.54, 1.807) is 24.3 Å². The average molecular weight is 358 g/mol. The summed E-state index contributed by atoms with van der Waals surface area (Å²) in [5, 5.41) is 0. The predicted octanol–water partition coefficient (Wildman–Crippen LogP) is 6.72. The monoisotopic (exact) mass is 358 g/mol. The molecule has 1 saturated carbocycles. The molecular formula is C23H28F2O. The highest BCUT2D eigenvalue weighted by Crippen LogP contribution is 2.50. The van der Waals surface area contributed by atoms with Gasteiger partial charge in [-0.05, 0) is 60.9 Å². The van der Waals surface area contributed by atoms with Crippen LogP contribution in [-0.4, -0.2) is 12.5 Å². The molecule has 2 aromatic rings. The maximum atomic E-state index is 14.9. The van der Waals surface area contributed by atoms with Gasteiger partial charge in [0, 0.05) is 12.3 Å². The molecule has 2 aromatic carbocycles. The summed E-state index contributed by atoms with van der Waals surface area (Å²) in [6.45, 7) is 4.65. The second kappa shape index (κ2) is 8.20. The van der Waals surface area contributed by atoms with Gasteiger partial charge in [-0.1, -0.05) is 49.7 Å². The van der Waals surface area contributed by atoms with E-state index in [1.165, 1.54) is 5.56 Å². The maximum Gasteiger partial charge on any atom is 0.255 e. The van der Waals surface area contributed by atoms with Crippen LogP contribution >= 0.6 is 0 Å². The Kier molecular flexibility index (Phi) is 5.95. The molecule has 0 spiro atoms. The van der Waals surface area contributed by atoms with Crippen molar-refractivity contribution in [2.45, 2.75) is 63.7 Å². The summed E-state index contributed by atoms with van der Waals surface area (Å²) < 4.78 is 35.2. The van der Waals surface area contributed by atoms with Crippen molar-refractivity contribution >= 4 is 0 Å². The topological polar surface area (TPSA) is 9.23 Å². The van der Waals surface area contributed by atoms with Crippen LogP contribution in [0, 0.1) is 0 Å². The van der Waals surface area contributed by atoms with Crippen LogP contribution in [0.2, 0.25) is 0 Å². The lowest BCUT2D eigenvalue weighted by Gasteiger charge is -2.36. The Balaban J connectivity index is 1.70. The van der Waals surface area contributed by atoms with E-state index in [0.29, 0.717) is 13.0 Å². The first-order chi connectivity index (χ1) is 12.5. The van der Waals surface area contributed by atoms with Crippen LogP contribution in [0.5, 0.6) is 5.75 Å². The van der Waals surface area contributed by atoms with Crippen LogP contribution < -0.4 is 4.74 Å². The van der Waals surface area contributed by atoms with E-state index in [0.717, 1.165) is 36.1 Å². The van der Waals surface area contributed by atoms with Crippen molar-refractivity contribution in [3.63, 3.8) is 0 Å². The SMILES string of the molecule is CCCc1ccc([C@H]2CC[C@H](c3ccc(OCC)cc3)C(F)(F)C2)cc1. The summed E-state index contributed by atoms with van der Waals surface area (Å²) in [6.07, 6.45) is 3.40. The Labute approximate surface area is 155 Å². The molecule has 26 heavy (non-hydrogen) atoms. The molecule has 0 aromatic heterocycles. The van der Waals surface area contributed by atoms with Gasteiger partial charge in [-0.25, -0.2) is 8.78 Å². The zero-order chi connectivity index (χ0) is 18.6. The number of hydrogen-bond acceptors (Lipinski definition) is 1. The molecule has 1 nitrogen and oxygen atoms in total. The molecule has 0 heterocycles. The lowest BCUT2D eigenvalue weighted by atomic mass is 9.73. The van der Waals surface area contributed by atoms with E-state index >= 15 is 0 Å². The summed E-state index contributed by atoms with van der Waals surface area (Å²) in [6, 6.07) is 15.5. The van der Waals surface area contributed by atoms with E-state index in [4.69, 9.17) is 4.74 Å². The zero-order valence-electron chi connectivity index (χ0n) is 15.7. The second-order valence-corrected chi connectivity index (χ2v) is 7.29. The summed E-state index contributed by atoms with van der Waals surface area (Å²) in [5.74, 6) is -2.70. The van der Waals surface area contributed by atoms with Gasteiger partial charge in [0.1, 0.15) is 5.75 Å². The van der Waals surface area contributed by atoms with E-state index in [9.17, 15) is 8.78 Å². The van der Waals surface area contributed by atoms with Gasteiger partial charge in [0.25, 0.3) is 5.92 Å². The van der Waals surface area contributed by atoms with Crippen molar-refractivity contribution in [2.75, 3.05) is 6.61 Å². The summed E-state index contributed by atoms with van der Waals surface area (Å²) >= 11 is 0. The third-order valence-electron chi connectivity index (χ3n) is 5.42. The third kappa shape index (κ3) is 4.25. The molecule has 3 heteroatoms. The third-order valence-corrected chi connectivity index (χ3v) is 5.42. The van der Waals surface area contributed by atoms with Gasteiger partial charge in [0.15, 0.2) is 0 Å². The minimum atomic E-state index is -2.68. The molecule has 0 N–H and O–H groups in total. The highest BCUT2D eigenvalue weighted by atomic mass is 19.3. The van der Waals surface area contributed by atoms with E-state index < -0.39 is 11.8 Å². The van der Waals surface area contributed by atoms with Crippen LogP contribution in [-0.2, 0) is 6.42 Å². The Morgan fingerprint density at radius 3 is 2.15 bits per heavy atom. The Bertz CT molecular complexity index is 691. The van der Waals surface area contributed by atoms with Gasteiger partial charge in [-0.15, -0.1) is 0 Å². The van der Waals surface area contributed by atoms with E-state index in [2.05, 4.69) is 19.1 Å². The smallest absolute Gasteiger partial charge is 0.255 e. The molecule has 0 amide bonds. The lowest BCUT2D eigenvalue weighted by molar-refractivity contribution is -0.0615. The van der Waals surface area contributed by atoms with Crippen molar-refractivity contribution in [1.29, 1.82) is 0 Å². The second-order valence-electron chi connectivity index (χ2n) is 7.29. The minimum absolute atomic E-state index is 0.0559. The van der Waals surface area contributed by atoms with Crippen molar-refractivity contribution in [1.82, 2.24) is 0 Å². The molecule has 1 aliphatic carbocycles. The molecule has 0 aliphatic heterocycles. The van der Waals surface area contributed by atoms with Gasteiger partial charge in [-0.2, -0.15) is 0 Å². The van der Waals surface area contributed by atoms with Gasteiger partial charge >= 0.3 is 0 Å². The van der Waals surface area contributed by atoms with Crippen LogP contribution in [0.15, 0.2) is 48.5 Å². The lowest BCUT2D eigenvalue weighted by Crippen LogP contribution is -2.33. The van der Waals surface area contributed by atoms with Crippen molar-refractivity contribution in [3.8, 4) is 5.75 Å². The number of benzene rings is 2. The molecule has 0 saturated heterocycles. The van der Waals surface area contributed by atoms with E-state index in [1.807, 2.05) is 19.1 Å². The van der Waals surface area contributed by atoms with Gasteiger partial charge in [0.2, 0.25) is 0 Å². The number of alkyl halides is 2. The fraction of sp³-hybridized carbons (Fsp3) is 0.478. The van der Waals surface area contributed by atoms with Gasteiger partial charge in [0.05, 0.1) is 6.61 Å². The number of aryl methyl sites for hydroxylation is 1. The van der Waals surface area contributed by atoms with Gasteiger partial charge in [-0.3, -0.25) is 0 Å². The number of halogens is 2. The standard InChI is InChI=1S/C23H28F2O/c1-3-5-17-6-8-18(9-7-17)20-12-15-22(23(24,25)16-20)19-10-13-21(14-11-19)26-4-2/h6-11,13-14,20,22H,3-5,12,15-16H2,1-2H3/t20-,22+/m0/s1. The Morgan fingerprint density at radius 2 is 1.58 bits per heavy atom. The van der Waals surface area contributed by atoms with Crippen LogP contribution in [0.4, 0.5) is 8.78 Å². The van der Waals surface area contributed by atoms with Crippen molar-refractivity contribution in [3.05, 3.63) is 65.2 Å². The number of ether oxygens (including phenoxy) is 1.